The van der Waals surface area contributed by atoms with E-state index in [0.29, 0.717) is 18.0 Å². The van der Waals surface area contributed by atoms with Crippen LogP contribution in [0.3, 0.4) is 0 Å². The van der Waals surface area contributed by atoms with Gasteiger partial charge in [0.25, 0.3) is 0 Å². The normalized spacial score (nSPS) is 23.6. The summed E-state index contributed by atoms with van der Waals surface area (Å²) in [6.45, 7) is 12.5. The maximum absolute atomic E-state index is 6.47. The lowest BCUT2D eigenvalue weighted by molar-refractivity contribution is 0.230. The van der Waals surface area contributed by atoms with Gasteiger partial charge in [0.2, 0.25) is 0 Å². The third-order valence-corrected chi connectivity index (χ3v) is 12.0. The molecular formula is C25H38N4OSi. The van der Waals surface area contributed by atoms with Gasteiger partial charge in [0.05, 0.1) is 6.04 Å². The number of anilines is 2. The van der Waals surface area contributed by atoms with Crippen LogP contribution in [0.15, 0.2) is 36.7 Å². The van der Waals surface area contributed by atoms with Gasteiger partial charge < -0.3 is 15.1 Å². The van der Waals surface area contributed by atoms with Gasteiger partial charge in [-0.05, 0) is 67.3 Å². The van der Waals surface area contributed by atoms with Crippen molar-refractivity contribution in [1.82, 2.24) is 9.97 Å². The topological polar surface area (TPSA) is 59.1 Å². The van der Waals surface area contributed by atoms with Crippen LogP contribution in [0.4, 0.5) is 11.6 Å². The minimum Gasteiger partial charge on any atom is -0.417 e. The maximum atomic E-state index is 6.47. The average molecular weight is 439 g/mol. The molecule has 3 atom stereocenters. The number of nitrogens with one attached hydrogen (secondary N) is 2. The molecule has 0 aliphatic heterocycles. The molecule has 6 heteroatoms. The van der Waals surface area contributed by atoms with E-state index >= 15 is 0 Å². The van der Waals surface area contributed by atoms with E-state index < -0.39 is 8.32 Å². The molecule has 1 aromatic carbocycles. The highest BCUT2D eigenvalue weighted by molar-refractivity contribution is 6.74. The van der Waals surface area contributed by atoms with Crippen molar-refractivity contribution in [1.29, 1.82) is 0 Å². The molecule has 4 rings (SSSR count). The van der Waals surface area contributed by atoms with Gasteiger partial charge in [-0.3, -0.25) is 0 Å². The number of fused-ring (bicyclic) bond motifs is 1. The van der Waals surface area contributed by atoms with Crippen molar-refractivity contribution in [2.24, 2.45) is 5.92 Å². The first kappa shape index (κ1) is 22.3. The monoisotopic (exact) mass is 438 g/mol. The minimum atomic E-state index is -1.67. The highest BCUT2D eigenvalue weighted by Crippen LogP contribution is 2.38. The van der Waals surface area contributed by atoms with E-state index in [2.05, 4.69) is 84.8 Å². The van der Waals surface area contributed by atoms with E-state index in [9.17, 15) is 0 Å². The van der Waals surface area contributed by atoms with Crippen molar-refractivity contribution in [2.45, 2.75) is 83.1 Å². The molecule has 2 aromatic rings. The standard InChI is InChI=1S/C25H38N4OSi/c1-25(2,3)31(4,5)30-16-18-10-12-20(14-18)28-23-15-24(27-17-26-23)29-22-13-11-19-8-6-7-9-21(19)22/h6-9,15,17-18,20,22H,10-14,16H2,1-5H3,(H2,26,27,28,29)/t18-,20-,22+/m1/s1. The number of nitrogens with zero attached hydrogens (tertiary/aromatic N) is 2. The SMILES string of the molecule is CC(C)(C)[Si](C)(C)OC[C@@H]1CC[C@@H](Nc2cc(N[C@H]3CCc4ccccc43)ncn2)C1. The molecule has 2 aliphatic rings. The summed E-state index contributed by atoms with van der Waals surface area (Å²) in [6, 6.07) is 11.6. The summed E-state index contributed by atoms with van der Waals surface area (Å²) in [5.74, 6) is 2.45. The lowest BCUT2D eigenvalue weighted by Crippen LogP contribution is -2.41. The summed E-state index contributed by atoms with van der Waals surface area (Å²) in [4.78, 5) is 8.94. The van der Waals surface area contributed by atoms with Gasteiger partial charge in [0, 0.05) is 18.7 Å². The van der Waals surface area contributed by atoms with Crippen LogP contribution in [-0.4, -0.2) is 30.9 Å². The fraction of sp³-hybridized carbons (Fsp3) is 0.600. The number of hydrogen-bond acceptors (Lipinski definition) is 5. The van der Waals surface area contributed by atoms with E-state index in [1.54, 1.807) is 6.33 Å². The molecule has 31 heavy (non-hydrogen) atoms. The van der Waals surface area contributed by atoms with Crippen molar-refractivity contribution in [2.75, 3.05) is 17.2 Å². The number of rotatable bonds is 7. The van der Waals surface area contributed by atoms with E-state index in [4.69, 9.17) is 4.43 Å². The zero-order valence-electron chi connectivity index (χ0n) is 19.7. The van der Waals surface area contributed by atoms with E-state index in [1.807, 2.05) is 0 Å². The van der Waals surface area contributed by atoms with Gasteiger partial charge in [0.1, 0.15) is 18.0 Å². The average Bonchev–Trinajstić information content (AvgIpc) is 3.33. The molecule has 0 radical (unpaired) electrons. The second-order valence-corrected chi connectivity index (χ2v) is 15.6. The maximum Gasteiger partial charge on any atom is 0.191 e. The van der Waals surface area contributed by atoms with Crippen LogP contribution in [0, 0.1) is 5.92 Å². The van der Waals surface area contributed by atoms with E-state index in [-0.39, 0.29) is 5.04 Å². The summed E-state index contributed by atoms with van der Waals surface area (Å²) < 4.78 is 6.47. The first-order chi connectivity index (χ1) is 14.7. The third-order valence-electron chi connectivity index (χ3n) is 7.50. The Morgan fingerprint density at radius 3 is 2.55 bits per heavy atom. The summed E-state index contributed by atoms with van der Waals surface area (Å²) >= 11 is 0. The van der Waals surface area contributed by atoms with Gasteiger partial charge in [-0.15, -0.1) is 0 Å². The highest BCUT2D eigenvalue weighted by Gasteiger charge is 2.38. The van der Waals surface area contributed by atoms with Crippen LogP contribution in [0.1, 0.15) is 63.6 Å². The Kier molecular flexibility index (Phi) is 6.40. The Labute approximate surface area is 188 Å². The second-order valence-electron chi connectivity index (χ2n) is 10.8. The van der Waals surface area contributed by atoms with Crippen LogP contribution in [0.5, 0.6) is 0 Å². The van der Waals surface area contributed by atoms with Crippen molar-refractivity contribution in [3.8, 4) is 0 Å². The molecule has 168 valence electrons. The van der Waals surface area contributed by atoms with Crippen molar-refractivity contribution in [3.63, 3.8) is 0 Å². The molecule has 5 nitrogen and oxygen atoms in total. The molecule has 1 fully saturated rings. The highest BCUT2D eigenvalue weighted by atomic mass is 28.4. The van der Waals surface area contributed by atoms with Crippen LogP contribution >= 0.6 is 0 Å². The Balaban J connectivity index is 1.30. The Bertz CT molecular complexity index is 895. The third kappa shape index (κ3) is 5.29. The fourth-order valence-electron chi connectivity index (χ4n) is 4.51. The van der Waals surface area contributed by atoms with Crippen LogP contribution in [0.25, 0.3) is 0 Å². The largest absolute Gasteiger partial charge is 0.417 e. The molecule has 2 aliphatic carbocycles. The Hall–Kier alpha value is -1.92. The number of hydrogen-bond donors (Lipinski definition) is 2. The number of aryl methyl sites for hydroxylation is 1. The van der Waals surface area contributed by atoms with Gasteiger partial charge in [-0.2, -0.15) is 0 Å². The lowest BCUT2D eigenvalue weighted by atomic mass is 10.1. The first-order valence-electron chi connectivity index (χ1n) is 11.8. The Morgan fingerprint density at radius 1 is 1.03 bits per heavy atom. The zero-order valence-corrected chi connectivity index (χ0v) is 20.7. The quantitative estimate of drug-likeness (QED) is 0.506. The summed E-state index contributed by atoms with van der Waals surface area (Å²) in [5.41, 5.74) is 2.85. The molecule has 1 saturated carbocycles. The summed E-state index contributed by atoms with van der Waals surface area (Å²) in [7, 11) is -1.67. The lowest BCUT2D eigenvalue weighted by Gasteiger charge is -2.37. The predicted molar refractivity (Wildman–Crippen MR) is 131 cm³/mol. The van der Waals surface area contributed by atoms with Gasteiger partial charge in [0.15, 0.2) is 8.32 Å². The zero-order chi connectivity index (χ0) is 22.1. The second kappa shape index (κ2) is 8.91. The minimum absolute atomic E-state index is 0.271. The van der Waals surface area contributed by atoms with Crippen molar-refractivity contribution in [3.05, 3.63) is 47.8 Å². The van der Waals surface area contributed by atoms with Crippen molar-refractivity contribution >= 4 is 20.0 Å². The Morgan fingerprint density at radius 2 is 1.77 bits per heavy atom. The molecule has 0 spiro atoms. The van der Waals surface area contributed by atoms with Crippen LogP contribution < -0.4 is 10.6 Å². The molecule has 1 aromatic heterocycles. The molecule has 2 N–H and O–H groups in total. The number of aromatic nitrogens is 2. The molecule has 0 saturated heterocycles. The first-order valence-corrected chi connectivity index (χ1v) is 14.7. The van der Waals surface area contributed by atoms with Gasteiger partial charge in [-0.1, -0.05) is 45.0 Å². The molecule has 0 amide bonds. The fourth-order valence-corrected chi connectivity index (χ4v) is 5.60. The van der Waals surface area contributed by atoms with Crippen LogP contribution in [-0.2, 0) is 10.8 Å². The predicted octanol–water partition coefficient (Wildman–Crippen LogP) is 6.18. The summed E-state index contributed by atoms with van der Waals surface area (Å²) in [5, 5.41) is 7.53. The van der Waals surface area contributed by atoms with Crippen molar-refractivity contribution < 1.29 is 4.43 Å². The summed E-state index contributed by atoms with van der Waals surface area (Å²) in [6.07, 6.45) is 7.46. The van der Waals surface area contributed by atoms with Gasteiger partial charge in [-0.25, -0.2) is 9.97 Å². The van der Waals surface area contributed by atoms with E-state index in [0.717, 1.165) is 37.5 Å². The van der Waals surface area contributed by atoms with Gasteiger partial charge >= 0.3 is 0 Å². The smallest absolute Gasteiger partial charge is 0.191 e. The molecule has 0 unspecified atom stereocenters. The molecule has 0 bridgehead atoms. The van der Waals surface area contributed by atoms with Crippen LogP contribution in [0.2, 0.25) is 18.1 Å². The molecular weight excluding hydrogens is 400 g/mol. The van der Waals surface area contributed by atoms with E-state index in [1.165, 1.54) is 24.0 Å². The molecule has 1 heterocycles. The number of benzene rings is 1.